The molecule has 2 aromatic rings. The predicted molar refractivity (Wildman–Crippen MR) is 151 cm³/mol. The summed E-state index contributed by atoms with van der Waals surface area (Å²) in [5.41, 5.74) is 12.3. The van der Waals surface area contributed by atoms with Gasteiger partial charge in [-0.05, 0) is 49.8 Å². The van der Waals surface area contributed by atoms with Gasteiger partial charge in [0.2, 0.25) is 17.7 Å². The molecule has 1 aromatic heterocycles. The number of fused-ring (bicyclic) bond motifs is 1. The summed E-state index contributed by atoms with van der Waals surface area (Å²) in [5, 5.41) is 21.8. The van der Waals surface area contributed by atoms with E-state index in [0.717, 1.165) is 29.4 Å². The number of hydrogen-bond acceptors (Lipinski definition) is 6. The van der Waals surface area contributed by atoms with Crippen molar-refractivity contribution in [2.75, 3.05) is 13.1 Å². The van der Waals surface area contributed by atoms with Crippen LogP contribution in [0, 0.1) is 5.92 Å². The van der Waals surface area contributed by atoms with Gasteiger partial charge in [0.25, 0.3) is 0 Å². The molecule has 1 aliphatic heterocycles. The fourth-order valence-electron chi connectivity index (χ4n) is 4.72. The summed E-state index contributed by atoms with van der Waals surface area (Å²) in [5.74, 6) is -3.03. The van der Waals surface area contributed by atoms with Gasteiger partial charge >= 0.3 is 5.97 Å². The first kappa shape index (κ1) is 30.4. The Hall–Kier alpha value is -4.13. The lowest BCUT2D eigenvalue weighted by atomic mass is 10.00. The van der Waals surface area contributed by atoms with Crippen molar-refractivity contribution >= 4 is 40.6 Å². The van der Waals surface area contributed by atoms with Crippen LogP contribution in [0.2, 0.25) is 0 Å². The number of aromatic nitrogens is 1. The SMILES string of the molecule is CC(C)C(NC(=O)C1CCCN1)C(=O)NC(Cc1c[nH]c2ccccc12)C(=O)NC(CCCN=C(N)N)C(=O)O. The van der Waals surface area contributed by atoms with Crippen LogP contribution in [0.3, 0.4) is 0 Å². The van der Waals surface area contributed by atoms with Crippen molar-refractivity contribution in [3.8, 4) is 0 Å². The molecule has 0 radical (unpaired) electrons. The minimum atomic E-state index is -1.22. The van der Waals surface area contributed by atoms with Crippen molar-refractivity contribution in [3.63, 3.8) is 0 Å². The Morgan fingerprint density at radius 1 is 1.07 bits per heavy atom. The number of rotatable bonds is 14. The number of carboxylic acid groups (broad SMARTS) is 1. The van der Waals surface area contributed by atoms with Gasteiger partial charge < -0.3 is 42.8 Å². The molecule has 13 heteroatoms. The van der Waals surface area contributed by atoms with Crippen LogP contribution in [-0.4, -0.2) is 77.0 Å². The number of aromatic amines is 1. The minimum Gasteiger partial charge on any atom is -0.480 e. The van der Waals surface area contributed by atoms with Crippen molar-refractivity contribution < 1.29 is 24.3 Å². The molecule has 0 bridgehead atoms. The van der Waals surface area contributed by atoms with Crippen LogP contribution in [0.4, 0.5) is 0 Å². The summed E-state index contributed by atoms with van der Waals surface area (Å²) in [4.78, 5) is 58.5. The molecule has 4 unspecified atom stereocenters. The van der Waals surface area contributed by atoms with Gasteiger partial charge in [0.05, 0.1) is 6.04 Å². The number of amides is 3. The predicted octanol–water partition coefficient (Wildman–Crippen LogP) is -0.289. The van der Waals surface area contributed by atoms with Crippen molar-refractivity contribution in [3.05, 3.63) is 36.0 Å². The summed E-state index contributed by atoms with van der Waals surface area (Å²) in [6.07, 6.45) is 3.83. The van der Waals surface area contributed by atoms with E-state index >= 15 is 0 Å². The normalized spacial score (nSPS) is 17.1. The monoisotopic (exact) mass is 556 g/mol. The Morgan fingerprint density at radius 2 is 1.80 bits per heavy atom. The third-order valence-electron chi connectivity index (χ3n) is 6.92. The minimum absolute atomic E-state index is 0.0880. The second-order valence-electron chi connectivity index (χ2n) is 10.4. The maximum absolute atomic E-state index is 13.5. The molecule has 3 rings (SSSR count). The summed E-state index contributed by atoms with van der Waals surface area (Å²) in [6, 6.07) is 3.97. The van der Waals surface area contributed by atoms with E-state index < -0.39 is 35.9 Å². The van der Waals surface area contributed by atoms with Gasteiger partial charge in [0.15, 0.2) is 5.96 Å². The number of aliphatic imine (C=N–C) groups is 1. The highest BCUT2D eigenvalue weighted by Crippen LogP contribution is 2.19. The zero-order valence-electron chi connectivity index (χ0n) is 22.9. The number of aliphatic carboxylic acids is 1. The molecule has 3 amide bonds. The molecule has 0 saturated carbocycles. The van der Waals surface area contributed by atoms with E-state index in [1.807, 2.05) is 24.3 Å². The second kappa shape index (κ2) is 14.3. The van der Waals surface area contributed by atoms with Gasteiger partial charge in [-0.3, -0.25) is 19.4 Å². The molecule has 0 spiro atoms. The van der Waals surface area contributed by atoms with Crippen LogP contribution in [0.15, 0.2) is 35.5 Å². The molecule has 1 aromatic carbocycles. The van der Waals surface area contributed by atoms with Crippen molar-refractivity contribution in [1.82, 2.24) is 26.3 Å². The molecule has 1 fully saturated rings. The number of nitrogens with one attached hydrogen (secondary N) is 5. The Kier molecular flexibility index (Phi) is 10.9. The fourth-order valence-corrected chi connectivity index (χ4v) is 4.72. The number of para-hydroxylation sites is 1. The van der Waals surface area contributed by atoms with Crippen molar-refractivity contribution in [2.24, 2.45) is 22.4 Å². The van der Waals surface area contributed by atoms with Gasteiger partial charge in [-0.2, -0.15) is 0 Å². The largest absolute Gasteiger partial charge is 0.480 e. The summed E-state index contributed by atoms with van der Waals surface area (Å²) in [7, 11) is 0. The lowest BCUT2D eigenvalue weighted by Crippen LogP contribution is -2.58. The maximum Gasteiger partial charge on any atom is 0.326 e. The first-order valence-electron chi connectivity index (χ1n) is 13.5. The second-order valence-corrected chi connectivity index (χ2v) is 10.4. The quantitative estimate of drug-likeness (QED) is 0.0876. The number of carbonyl (C=O) groups excluding carboxylic acids is 3. The zero-order chi connectivity index (χ0) is 29.2. The Bertz CT molecular complexity index is 1220. The molecule has 218 valence electrons. The molecular weight excluding hydrogens is 516 g/mol. The van der Waals surface area contributed by atoms with E-state index in [-0.39, 0.29) is 43.2 Å². The van der Waals surface area contributed by atoms with Gasteiger partial charge in [-0.25, -0.2) is 4.79 Å². The summed E-state index contributed by atoms with van der Waals surface area (Å²) >= 11 is 0. The molecule has 1 saturated heterocycles. The summed E-state index contributed by atoms with van der Waals surface area (Å²) < 4.78 is 0. The number of hydrogen-bond donors (Lipinski definition) is 8. The van der Waals surface area contributed by atoms with E-state index in [4.69, 9.17) is 11.5 Å². The molecule has 1 aliphatic rings. The standard InChI is InChI=1S/C27H40N8O5/c1-15(2)22(35-23(36)19-9-5-11-30-19)25(38)34-21(13-16-14-32-18-8-4-3-7-17(16)18)24(37)33-20(26(39)40)10-6-12-31-27(28)29/h3-4,7-8,14-15,19-22,30,32H,5-6,9-13H2,1-2H3,(H,33,37)(H,34,38)(H,35,36)(H,39,40)(H4,28,29,31). The first-order valence-corrected chi connectivity index (χ1v) is 13.5. The van der Waals surface area contributed by atoms with Crippen molar-refractivity contribution in [2.45, 2.75) is 70.1 Å². The van der Waals surface area contributed by atoms with E-state index in [9.17, 15) is 24.3 Å². The third-order valence-corrected chi connectivity index (χ3v) is 6.92. The van der Waals surface area contributed by atoms with Crippen LogP contribution in [0.1, 0.15) is 45.1 Å². The molecular formula is C27H40N8O5. The number of nitrogens with two attached hydrogens (primary N) is 2. The Labute approximate surface area is 232 Å². The topological polar surface area (TPSA) is 217 Å². The van der Waals surface area contributed by atoms with Crippen LogP contribution in [0.5, 0.6) is 0 Å². The fraction of sp³-hybridized carbons (Fsp3) is 0.519. The number of H-pyrrole nitrogens is 1. The van der Waals surface area contributed by atoms with Gasteiger partial charge in [0, 0.05) is 30.1 Å². The number of nitrogens with zero attached hydrogens (tertiary/aromatic N) is 1. The highest BCUT2D eigenvalue weighted by molar-refractivity contribution is 5.95. The highest BCUT2D eigenvalue weighted by Gasteiger charge is 2.33. The maximum atomic E-state index is 13.5. The number of carboxylic acids is 1. The molecule has 2 heterocycles. The molecule has 13 nitrogen and oxygen atoms in total. The Balaban J connectivity index is 1.79. The third kappa shape index (κ3) is 8.43. The van der Waals surface area contributed by atoms with Crippen LogP contribution < -0.4 is 32.7 Å². The van der Waals surface area contributed by atoms with E-state index in [1.54, 1.807) is 20.0 Å². The molecule has 0 aliphatic carbocycles. The van der Waals surface area contributed by atoms with Crippen LogP contribution in [0.25, 0.3) is 10.9 Å². The first-order chi connectivity index (χ1) is 19.1. The average Bonchev–Trinajstić information content (AvgIpc) is 3.58. The van der Waals surface area contributed by atoms with Gasteiger partial charge in [-0.1, -0.05) is 32.0 Å². The lowest BCUT2D eigenvalue weighted by molar-refractivity contribution is -0.142. The van der Waals surface area contributed by atoms with E-state index in [0.29, 0.717) is 12.8 Å². The molecule has 10 N–H and O–H groups in total. The Morgan fingerprint density at radius 3 is 2.45 bits per heavy atom. The number of guanidine groups is 1. The lowest BCUT2D eigenvalue weighted by Gasteiger charge is -2.27. The highest BCUT2D eigenvalue weighted by atomic mass is 16.4. The van der Waals surface area contributed by atoms with Crippen LogP contribution in [-0.2, 0) is 25.6 Å². The van der Waals surface area contributed by atoms with Crippen LogP contribution >= 0.6 is 0 Å². The van der Waals surface area contributed by atoms with Gasteiger partial charge in [-0.15, -0.1) is 0 Å². The average molecular weight is 557 g/mol. The zero-order valence-corrected chi connectivity index (χ0v) is 22.9. The summed E-state index contributed by atoms with van der Waals surface area (Å²) in [6.45, 7) is 4.56. The molecule has 40 heavy (non-hydrogen) atoms. The van der Waals surface area contributed by atoms with Gasteiger partial charge in [0.1, 0.15) is 18.1 Å². The smallest absolute Gasteiger partial charge is 0.326 e. The van der Waals surface area contributed by atoms with E-state index in [2.05, 4.69) is 31.2 Å². The van der Waals surface area contributed by atoms with E-state index in [1.165, 1.54) is 0 Å². The van der Waals surface area contributed by atoms with Crippen molar-refractivity contribution in [1.29, 1.82) is 0 Å². The molecule has 4 atom stereocenters. The number of benzene rings is 1. The number of carbonyl (C=O) groups is 4.